The van der Waals surface area contributed by atoms with Crippen molar-refractivity contribution in [2.75, 3.05) is 24.4 Å². The second-order valence-corrected chi connectivity index (χ2v) is 8.50. The van der Waals surface area contributed by atoms with E-state index in [9.17, 15) is 29.4 Å². The molecule has 0 bridgehead atoms. The number of carboxylic acid groups (broad SMARTS) is 1. The second kappa shape index (κ2) is 14.6. The Morgan fingerprint density at radius 2 is 1.55 bits per heavy atom. The maximum Gasteiger partial charge on any atom is 0.326 e. The number of benzene rings is 1. The minimum atomic E-state index is -1.25. The fraction of sp³-hybridized carbons (Fsp3) is 0.500. The van der Waals surface area contributed by atoms with Crippen LogP contribution < -0.4 is 21.7 Å². The van der Waals surface area contributed by atoms with Crippen LogP contribution >= 0.6 is 24.4 Å². The normalized spacial score (nSPS) is 14.4. The van der Waals surface area contributed by atoms with Crippen molar-refractivity contribution in [3.05, 3.63) is 29.8 Å². The van der Waals surface area contributed by atoms with E-state index in [0.717, 1.165) is 0 Å². The zero-order chi connectivity index (χ0) is 25.0. The maximum atomic E-state index is 12.9. The van der Waals surface area contributed by atoms with Crippen molar-refractivity contribution in [3.8, 4) is 5.75 Å². The highest BCUT2D eigenvalue weighted by Crippen LogP contribution is 2.12. The van der Waals surface area contributed by atoms with E-state index in [2.05, 4.69) is 28.6 Å². The molecule has 0 aliphatic carbocycles. The Kier molecular flexibility index (Phi) is 12.7. The molecular formula is C20H30N4O7S2. The number of rotatable bonds is 14. The summed E-state index contributed by atoms with van der Waals surface area (Å²) in [6, 6.07) is 1.23. The van der Waals surface area contributed by atoms with E-state index in [0.29, 0.717) is 11.3 Å². The molecule has 0 saturated carbocycles. The van der Waals surface area contributed by atoms with Gasteiger partial charge >= 0.3 is 5.97 Å². The fourth-order valence-corrected chi connectivity index (χ4v) is 3.40. The van der Waals surface area contributed by atoms with Crippen LogP contribution in [0.15, 0.2) is 24.3 Å². The van der Waals surface area contributed by atoms with E-state index in [4.69, 9.17) is 10.8 Å². The van der Waals surface area contributed by atoms with Crippen LogP contribution in [0.2, 0.25) is 0 Å². The molecule has 0 aromatic heterocycles. The first-order valence-electron chi connectivity index (χ1n) is 10.0. The molecule has 0 aliphatic rings. The van der Waals surface area contributed by atoms with Gasteiger partial charge in [0.2, 0.25) is 17.7 Å². The molecule has 4 atom stereocenters. The van der Waals surface area contributed by atoms with Crippen LogP contribution in [-0.4, -0.2) is 87.5 Å². The first-order chi connectivity index (χ1) is 15.6. The molecule has 0 fully saturated rings. The molecule has 0 radical (unpaired) electrons. The SMILES string of the molecule is CSCCC(NC(=O)C(CS)NC(=O)C(Cc1ccc(O)cc1)NC(=O)C(N)CO)C(=O)O. The number of carbonyl (C=O) groups excluding carboxylic acids is 3. The molecule has 0 spiro atoms. The van der Waals surface area contributed by atoms with E-state index in [-0.39, 0.29) is 24.3 Å². The number of nitrogens with one attached hydrogen (secondary N) is 3. The van der Waals surface area contributed by atoms with Crippen LogP contribution in [0.5, 0.6) is 5.75 Å². The lowest BCUT2D eigenvalue weighted by atomic mass is 10.0. The van der Waals surface area contributed by atoms with Gasteiger partial charge in [-0.3, -0.25) is 14.4 Å². The molecule has 0 saturated heterocycles. The highest BCUT2D eigenvalue weighted by molar-refractivity contribution is 7.98. The summed E-state index contributed by atoms with van der Waals surface area (Å²) in [5, 5.41) is 35.1. The second-order valence-electron chi connectivity index (χ2n) is 7.15. The molecule has 0 heterocycles. The quantitative estimate of drug-likeness (QED) is 0.140. The number of thioether (sulfide) groups is 1. The first kappa shape index (κ1) is 28.6. The average Bonchev–Trinajstić information content (AvgIpc) is 2.79. The standard InChI is InChI=1S/C20H30N4O7S2/c1-33-7-6-14(20(30)31)22-19(29)16(10-32)24-18(28)15(23-17(27)13(21)9-25)8-11-2-4-12(26)5-3-11/h2-5,13-16,25-26,32H,6-10,21H2,1H3,(H,22,29)(H,23,27)(H,24,28)(H,30,31). The van der Waals surface area contributed by atoms with E-state index < -0.39 is 54.5 Å². The third-order valence-electron chi connectivity index (χ3n) is 4.58. The van der Waals surface area contributed by atoms with Crippen LogP contribution in [0.4, 0.5) is 0 Å². The number of thiol groups is 1. The number of nitrogens with two attached hydrogens (primary N) is 1. The van der Waals surface area contributed by atoms with Crippen molar-refractivity contribution >= 4 is 48.1 Å². The molecular weight excluding hydrogens is 472 g/mol. The Bertz CT molecular complexity index is 810. The van der Waals surface area contributed by atoms with Crippen LogP contribution in [0, 0.1) is 0 Å². The van der Waals surface area contributed by atoms with E-state index in [1.54, 1.807) is 12.1 Å². The highest BCUT2D eigenvalue weighted by Gasteiger charge is 2.29. The van der Waals surface area contributed by atoms with Crippen LogP contribution in [0.25, 0.3) is 0 Å². The summed E-state index contributed by atoms with van der Waals surface area (Å²) in [4.78, 5) is 49.0. The van der Waals surface area contributed by atoms with Gasteiger partial charge in [-0.05, 0) is 36.1 Å². The Labute approximate surface area is 201 Å². The molecule has 1 rings (SSSR count). The van der Waals surface area contributed by atoms with Crippen LogP contribution in [-0.2, 0) is 25.6 Å². The van der Waals surface area contributed by atoms with Crippen LogP contribution in [0.3, 0.4) is 0 Å². The Morgan fingerprint density at radius 3 is 2.06 bits per heavy atom. The van der Waals surface area contributed by atoms with Crippen molar-refractivity contribution in [2.45, 2.75) is 37.0 Å². The minimum Gasteiger partial charge on any atom is -0.508 e. The van der Waals surface area contributed by atoms with Crippen molar-refractivity contribution in [1.29, 1.82) is 0 Å². The van der Waals surface area contributed by atoms with Gasteiger partial charge in [0.25, 0.3) is 0 Å². The predicted octanol–water partition coefficient (Wildman–Crippen LogP) is -1.52. The van der Waals surface area contributed by atoms with Crippen LogP contribution in [0.1, 0.15) is 12.0 Å². The average molecular weight is 503 g/mol. The number of hydrogen-bond acceptors (Lipinski definition) is 9. The third kappa shape index (κ3) is 9.90. The lowest BCUT2D eigenvalue weighted by molar-refractivity contribution is -0.142. The number of phenols is 1. The lowest BCUT2D eigenvalue weighted by Crippen LogP contribution is -2.58. The molecule has 4 unspecified atom stereocenters. The number of carboxylic acids is 1. The monoisotopic (exact) mass is 502 g/mol. The number of aromatic hydroxyl groups is 1. The largest absolute Gasteiger partial charge is 0.508 e. The summed E-state index contributed by atoms with van der Waals surface area (Å²) >= 11 is 5.51. The summed E-state index contributed by atoms with van der Waals surface area (Å²) in [5.74, 6) is -3.01. The fourth-order valence-electron chi connectivity index (χ4n) is 2.67. The molecule has 33 heavy (non-hydrogen) atoms. The number of hydrogen-bond donors (Lipinski definition) is 8. The molecule has 1 aromatic carbocycles. The summed E-state index contributed by atoms with van der Waals surface area (Å²) in [5.41, 5.74) is 6.11. The van der Waals surface area contributed by atoms with Crippen molar-refractivity contribution in [3.63, 3.8) is 0 Å². The van der Waals surface area contributed by atoms with Gasteiger partial charge < -0.3 is 37.0 Å². The number of phenolic OH excluding ortho intramolecular Hbond substituents is 1. The van der Waals surface area contributed by atoms with E-state index >= 15 is 0 Å². The molecule has 8 N–H and O–H groups in total. The van der Waals surface area contributed by atoms with Gasteiger partial charge in [0.1, 0.15) is 29.9 Å². The summed E-state index contributed by atoms with van der Waals surface area (Å²) in [6.45, 7) is -0.631. The molecule has 0 aliphatic heterocycles. The summed E-state index contributed by atoms with van der Waals surface area (Å²) in [7, 11) is 0. The summed E-state index contributed by atoms with van der Waals surface area (Å²) < 4.78 is 0. The van der Waals surface area contributed by atoms with Crippen molar-refractivity contribution in [2.24, 2.45) is 5.73 Å². The summed E-state index contributed by atoms with van der Waals surface area (Å²) in [6.07, 6.45) is 2.01. The maximum absolute atomic E-state index is 12.9. The lowest BCUT2D eigenvalue weighted by Gasteiger charge is -2.24. The van der Waals surface area contributed by atoms with Gasteiger partial charge in [-0.25, -0.2) is 4.79 Å². The molecule has 184 valence electrons. The van der Waals surface area contributed by atoms with Crippen molar-refractivity contribution in [1.82, 2.24) is 16.0 Å². The Hall–Kier alpha value is -2.48. The van der Waals surface area contributed by atoms with Gasteiger partial charge in [-0.15, -0.1) is 0 Å². The van der Waals surface area contributed by atoms with Gasteiger partial charge in [0, 0.05) is 12.2 Å². The molecule has 11 nitrogen and oxygen atoms in total. The molecule has 1 aromatic rings. The predicted molar refractivity (Wildman–Crippen MR) is 127 cm³/mol. The number of aliphatic hydroxyl groups is 1. The molecule has 3 amide bonds. The highest BCUT2D eigenvalue weighted by atomic mass is 32.2. The Morgan fingerprint density at radius 1 is 1.00 bits per heavy atom. The minimum absolute atomic E-state index is 0.00237. The van der Waals surface area contributed by atoms with Crippen molar-refractivity contribution < 1.29 is 34.5 Å². The zero-order valence-electron chi connectivity index (χ0n) is 18.1. The van der Waals surface area contributed by atoms with Gasteiger partial charge in [-0.2, -0.15) is 24.4 Å². The topological polar surface area (TPSA) is 191 Å². The number of aliphatic carboxylic acids is 1. The number of amides is 3. The molecule has 13 heteroatoms. The van der Waals surface area contributed by atoms with E-state index in [1.807, 2.05) is 6.26 Å². The van der Waals surface area contributed by atoms with Gasteiger partial charge in [0.15, 0.2) is 0 Å². The van der Waals surface area contributed by atoms with Gasteiger partial charge in [-0.1, -0.05) is 12.1 Å². The van der Waals surface area contributed by atoms with E-state index in [1.165, 1.54) is 23.9 Å². The Balaban J connectivity index is 2.96. The third-order valence-corrected chi connectivity index (χ3v) is 5.59. The first-order valence-corrected chi connectivity index (χ1v) is 12.0. The number of aliphatic hydroxyl groups excluding tert-OH is 1. The van der Waals surface area contributed by atoms with Gasteiger partial charge in [0.05, 0.1) is 6.61 Å². The zero-order valence-corrected chi connectivity index (χ0v) is 19.8. The smallest absolute Gasteiger partial charge is 0.326 e. The number of carbonyl (C=O) groups is 4.